The van der Waals surface area contributed by atoms with Gasteiger partial charge in [-0.1, -0.05) is 42.5 Å². The summed E-state index contributed by atoms with van der Waals surface area (Å²) in [6.07, 6.45) is 1.09. The standard InChI is InChI=1S/C23H26N2O5/c1-23(2,3)30-22(28)25-18(21(26)27)12-16-13-24-20-17(16)10-7-11-19(20)29-14-15-8-5-4-6-9-15/h4-11,13,18,24H,12,14H2,1-3H3,(H,25,28)(H,26,27)/t18-/m1/s1. The van der Waals surface area contributed by atoms with Gasteiger partial charge in [0.25, 0.3) is 0 Å². The van der Waals surface area contributed by atoms with Crippen LogP contribution in [0.1, 0.15) is 31.9 Å². The molecule has 0 unspecified atom stereocenters. The van der Waals surface area contributed by atoms with Gasteiger partial charge in [0.15, 0.2) is 0 Å². The summed E-state index contributed by atoms with van der Waals surface area (Å²) in [5, 5.41) is 12.8. The van der Waals surface area contributed by atoms with Crippen LogP contribution < -0.4 is 10.1 Å². The maximum Gasteiger partial charge on any atom is 0.408 e. The average Bonchev–Trinajstić information content (AvgIpc) is 3.08. The van der Waals surface area contributed by atoms with Crippen LogP contribution in [0.2, 0.25) is 0 Å². The summed E-state index contributed by atoms with van der Waals surface area (Å²) < 4.78 is 11.1. The van der Waals surface area contributed by atoms with Gasteiger partial charge >= 0.3 is 12.1 Å². The van der Waals surface area contributed by atoms with Crippen LogP contribution in [0.25, 0.3) is 10.9 Å². The molecule has 7 nitrogen and oxygen atoms in total. The number of alkyl carbamates (subject to hydrolysis) is 1. The second-order valence-electron chi connectivity index (χ2n) is 8.01. The minimum Gasteiger partial charge on any atom is -0.487 e. The van der Waals surface area contributed by atoms with Gasteiger partial charge in [-0.05, 0) is 38.0 Å². The van der Waals surface area contributed by atoms with E-state index >= 15 is 0 Å². The van der Waals surface area contributed by atoms with Crippen molar-refractivity contribution in [2.24, 2.45) is 0 Å². The molecule has 1 atom stereocenters. The van der Waals surface area contributed by atoms with E-state index in [2.05, 4.69) is 10.3 Å². The van der Waals surface area contributed by atoms with Crippen LogP contribution in [0.15, 0.2) is 54.7 Å². The van der Waals surface area contributed by atoms with Crippen LogP contribution in [-0.4, -0.2) is 33.8 Å². The fraction of sp³-hybridized carbons (Fsp3) is 0.304. The SMILES string of the molecule is CC(C)(C)OC(=O)N[C@H](Cc1c[nH]c2c(OCc3ccccc3)cccc12)C(=O)O. The number of carbonyl (C=O) groups is 2. The second kappa shape index (κ2) is 8.90. The third kappa shape index (κ3) is 5.53. The van der Waals surface area contributed by atoms with E-state index in [1.54, 1.807) is 27.0 Å². The molecule has 7 heteroatoms. The van der Waals surface area contributed by atoms with E-state index in [4.69, 9.17) is 9.47 Å². The monoisotopic (exact) mass is 410 g/mol. The molecule has 0 bridgehead atoms. The Kier molecular flexibility index (Phi) is 6.30. The van der Waals surface area contributed by atoms with Crippen LogP contribution in [-0.2, 0) is 22.6 Å². The molecule has 0 radical (unpaired) electrons. The number of H-pyrrole nitrogens is 1. The molecular formula is C23H26N2O5. The molecule has 3 rings (SSSR count). The van der Waals surface area contributed by atoms with Gasteiger partial charge in [-0.25, -0.2) is 9.59 Å². The number of aromatic amines is 1. The van der Waals surface area contributed by atoms with E-state index in [-0.39, 0.29) is 6.42 Å². The Bertz CT molecular complexity index is 1020. The van der Waals surface area contributed by atoms with Crippen molar-refractivity contribution in [1.29, 1.82) is 0 Å². The van der Waals surface area contributed by atoms with Crippen LogP contribution in [0.5, 0.6) is 5.75 Å². The van der Waals surface area contributed by atoms with Crippen LogP contribution in [0, 0.1) is 0 Å². The lowest BCUT2D eigenvalue weighted by molar-refractivity contribution is -0.139. The van der Waals surface area contributed by atoms with Crippen molar-refractivity contribution in [1.82, 2.24) is 10.3 Å². The molecule has 0 fully saturated rings. The minimum absolute atomic E-state index is 0.108. The maximum absolute atomic E-state index is 12.0. The number of benzene rings is 2. The molecule has 0 saturated heterocycles. The van der Waals surface area contributed by atoms with Crippen molar-refractivity contribution in [2.45, 2.75) is 45.4 Å². The maximum atomic E-state index is 12.0. The second-order valence-corrected chi connectivity index (χ2v) is 8.01. The topological polar surface area (TPSA) is 101 Å². The summed E-state index contributed by atoms with van der Waals surface area (Å²) in [4.78, 5) is 26.9. The molecule has 3 N–H and O–H groups in total. The highest BCUT2D eigenvalue weighted by Crippen LogP contribution is 2.28. The highest BCUT2D eigenvalue weighted by Gasteiger charge is 2.25. The number of para-hydroxylation sites is 1. The molecule has 0 spiro atoms. The van der Waals surface area contributed by atoms with E-state index < -0.39 is 23.7 Å². The summed E-state index contributed by atoms with van der Waals surface area (Å²) in [5.41, 5.74) is 1.89. The van der Waals surface area contributed by atoms with E-state index in [1.165, 1.54) is 0 Å². The van der Waals surface area contributed by atoms with Crippen molar-refractivity contribution in [3.8, 4) is 5.75 Å². The number of nitrogens with one attached hydrogen (secondary N) is 2. The summed E-state index contributed by atoms with van der Waals surface area (Å²) in [6, 6.07) is 14.3. The van der Waals surface area contributed by atoms with Gasteiger partial charge in [-0.2, -0.15) is 0 Å². The molecule has 1 heterocycles. The third-order valence-electron chi connectivity index (χ3n) is 4.41. The first-order valence-electron chi connectivity index (χ1n) is 9.71. The number of carboxylic acids is 1. The molecule has 2 aromatic carbocycles. The van der Waals surface area contributed by atoms with Gasteiger partial charge in [-0.15, -0.1) is 0 Å². The molecule has 0 aliphatic rings. The Morgan fingerprint density at radius 2 is 1.83 bits per heavy atom. The average molecular weight is 410 g/mol. The van der Waals surface area contributed by atoms with Crippen LogP contribution >= 0.6 is 0 Å². The third-order valence-corrected chi connectivity index (χ3v) is 4.41. The largest absolute Gasteiger partial charge is 0.487 e. The zero-order chi connectivity index (χ0) is 21.7. The van der Waals surface area contributed by atoms with Gasteiger partial charge in [-0.3, -0.25) is 0 Å². The Morgan fingerprint density at radius 1 is 1.10 bits per heavy atom. The summed E-state index contributed by atoms with van der Waals surface area (Å²) in [5.74, 6) is -0.457. The van der Waals surface area contributed by atoms with E-state index in [0.717, 1.165) is 22.0 Å². The Balaban J connectivity index is 1.75. The first kappa shape index (κ1) is 21.2. The molecule has 3 aromatic rings. The van der Waals surface area contributed by atoms with Crippen LogP contribution in [0.3, 0.4) is 0 Å². The molecule has 0 saturated carbocycles. The predicted molar refractivity (Wildman–Crippen MR) is 114 cm³/mol. The van der Waals surface area contributed by atoms with Crippen molar-refractivity contribution >= 4 is 23.0 Å². The minimum atomic E-state index is -1.13. The van der Waals surface area contributed by atoms with Crippen molar-refractivity contribution in [3.63, 3.8) is 0 Å². The van der Waals surface area contributed by atoms with Gasteiger partial charge in [0, 0.05) is 18.0 Å². The predicted octanol–water partition coefficient (Wildman–Crippen LogP) is 4.27. The lowest BCUT2D eigenvalue weighted by Gasteiger charge is -2.22. The molecule has 0 aliphatic carbocycles. The van der Waals surface area contributed by atoms with E-state index in [9.17, 15) is 14.7 Å². The lowest BCUT2D eigenvalue weighted by Crippen LogP contribution is -2.44. The first-order chi connectivity index (χ1) is 14.2. The van der Waals surface area contributed by atoms with Gasteiger partial charge < -0.3 is 24.9 Å². The number of aromatic nitrogens is 1. The summed E-state index contributed by atoms with van der Waals surface area (Å²) in [6.45, 7) is 5.59. The number of carboxylic acid groups (broad SMARTS) is 1. The Labute approximate surface area is 175 Å². The molecule has 158 valence electrons. The Hall–Kier alpha value is -3.48. The van der Waals surface area contributed by atoms with E-state index in [0.29, 0.717) is 12.4 Å². The number of hydrogen-bond donors (Lipinski definition) is 3. The van der Waals surface area contributed by atoms with Crippen LogP contribution in [0.4, 0.5) is 4.79 Å². The first-order valence-corrected chi connectivity index (χ1v) is 9.71. The zero-order valence-corrected chi connectivity index (χ0v) is 17.3. The van der Waals surface area contributed by atoms with Gasteiger partial charge in [0.1, 0.15) is 24.0 Å². The molecular weight excluding hydrogens is 384 g/mol. The smallest absolute Gasteiger partial charge is 0.408 e. The molecule has 1 amide bonds. The normalized spacial score (nSPS) is 12.4. The highest BCUT2D eigenvalue weighted by molar-refractivity contribution is 5.89. The quantitative estimate of drug-likeness (QED) is 0.540. The number of carbonyl (C=O) groups excluding carboxylic acids is 1. The number of fused-ring (bicyclic) bond motifs is 1. The van der Waals surface area contributed by atoms with Crippen molar-refractivity contribution < 1.29 is 24.2 Å². The fourth-order valence-electron chi connectivity index (χ4n) is 3.08. The van der Waals surface area contributed by atoms with Crippen molar-refractivity contribution in [2.75, 3.05) is 0 Å². The number of ether oxygens (including phenoxy) is 2. The Morgan fingerprint density at radius 3 is 2.50 bits per heavy atom. The fourth-order valence-corrected chi connectivity index (χ4v) is 3.08. The van der Waals surface area contributed by atoms with Gasteiger partial charge in [0.2, 0.25) is 0 Å². The highest BCUT2D eigenvalue weighted by atomic mass is 16.6. The zero-order valence-electron chi connectivity index (χ0n) is 17.3. The number of amides is 1. The summed E-state index contributed by atoms with van der Waals surface area (Å²) >= 11 is 0. The van der Waals surface area contributed by atoms with E-state index in [1.807, 2.05) is 48.5 Å². The number of rotatable bonds is 7. The number of hydrogen-bond acceptors (Lipinski definition) is 4. The molecule has 0 aliphatic heterocycles. The van der Waals surface area contributed by atoms with Crippen molar-refractivity contribution in [3.05, 3.63) is 65.9 Å². The molecule has 1 aromatic heterocycles. The summed E-state index contributed by atoms with van der Waals surface area (Å²) in [7, 11) is 0. The van der Waals surface area contributed by atoms with Gasteiger partial charge in [0.05, 0.1) is 5.52 Å². The molecule has 30 heavy (non-hydrogen) atoms. The lowest BCUT2D eigenvalue weighted by atomic mass is 10.0. The number of aliphatic carboxylic acids is 1.